The second-order valence-electron chi connectivity index (χ2n) is 6.13. The van der Waals surface area contributed by atoms with Crippen molar-refractivity contribution >= 4 is 46.3 Å². The SMILES string of the molecule is CC[C@@H](C)c1ccccc1NC(=O)COC(=O)CCC(=O)c1ccc(Cl)s1. The molecule has 0 aliphatic rings. The average molecular weight is 408 g/mol. The van der Waals surface area contributed by atoms with Gasteiger partial charge in [0.1, 0.15) is 0 Å². The van der Waals surface area contributed by atoms with Crippen LogP contribution in [0.15, 0.2) is 36.4 Å². The van der Waals surface area contributed by atoms with E-state index in [1.807, 2.05) is 24.3 Å². The molecule has 0 aliphatic carbocycles. The van der Waals surface area contributed by atoms with Crippen LogP contribution in [0.4, 0.5) is 5.69 Å². The summed E-state index contributed by atoms with van der Waals surface area (Å²) in [5.41, 5.74) is 1.76. The van der Waals surface area contributed by atoms with Crippen LogP contribution in [0.5, 0.6) is 0 Å². The molecule has 1 N–H and O–H groups in total. The second-order valence-corrected chi connectivity index (χ2v) is 7.85. The number of ketones is 1. The van der Waals surface area contributed by atoms with Crippen LogP contribution in [0.2, 0.25) is 4.34 Å². The Morgan fingerprint density at radius 1 is 1.15 bits per heavy atom. The van der Waals surface area contributed by atoms with Gasteiger partial charge in [0.05, 0.1) is 15.6 Å². The van der Waals surface area contributed by atoms with Gasteiger partial charge in [-0.15, -0.1) is 11.3 Å². The molecule has 0 unspecified atom stereocenters. The van der Waals surface area contributed by atoms with Crippen LogP contribution in [-0.4, -0.2) is 24.3 Å². The fraction of sp³-hybridized carbons (Fsp3) is 0.350. The molecular formula is C20H22ClNO4S. The topological polar surface area (TPSA) is 72.5 Å². The van der Waals surface area contributed by atoms with Crippen LogP contribution in [0.1, 0.15) is 54.3 Å². The maximum absolute atomic E-state index is 12.1. The van der Waals surface area contributed by atoms with Crippen LogP contribution in [0, 0.1) is 0 Å². The minimum atomic E-state index is -0.587. The molecule has 0 saturated heterocycles. The number of ether oxygens (including phenoxy) is 1. The largest absolute Gasteiger partial charge is 0.456 e. The molecular weight excluding hydrogens is 386 g/mol. The smallest absolute Gasteiger partial charge is 0.306 e. The van der Waals surface area contributed by atoms with Gasteiger partial charge in [-0.1, -0.05) is 43.6 Å². The summed E-state index contributed by atoms with van der Waals surface area (Å²) in [5, 5.41) is 2.78. The van der Waals surface area contributed by atoms with Gasteiger partial charge >= 0.3 is 5.97 Å². The monoisotopic (exact) mass is 407 g/mol. The molecule has 0 radical (unpaired) electrons. The van der Waals surface area contributed by atoms with E-state index in [0.717, 1.165) is 17.7 Å². The molecule has 5 nitrogen and oxygen atoms in total. The van der Waals surface area contributed by atoms with Crippen molar-refractivity contribution in [3.63, 3.8) is 0 Å². The number of amides is 1. The molecule has 0 saturated carbocycles. The van der Waals surface area contributed by atoms with Crippen molar-refractivity contribution in [2.45, 2.75) is 39.0 Å². The Hall–Kier alpha value is -2.18. The zero-order valence-corrected chi connectivity index (χ0v) is 16.9. The number of thiophene rings is 1. The molecule has 2 aromatic rings. The molecule has 0 spiro atoms. The number of rotatable bonds is 9. The van der Waals surface area contributed by atoms with Crippen molar-refractivity contribution in [3.05, 3.63) is 51.2 Å². The first kappa shape index (κ1) is 21.1. The van der Waals surface area contributed by atoms with Gasteiger partial charge < -0.3 is 10.1 Å². The molecule has 144 valence electrons. The quantitative estimate of drug-likeness (QED) is 0.465. The number of nitrogens with one attached hydrogen (secondary N) is 1. The number of para-hydroxylation sites is 1. The van der Waals surface area contributed by atoms with Gasteiger partial charge in [0, 0.05) is 12.1 Å². The first-order valence-corrected chi connectivity index (χ1v) is 9.93. The van der Waals surface area contributed by atoms with Crippen LogP contribution in [0.25, 0.3) is 0 Å². The predicted molar refractivity (Wildman–Crippen MR) is 108 cm³/mol. The van der Waals surface area contributed by atoms with Crippen LogP contribution >= 0.6 is 22.9 Å². The van der Waals surface area contributed by atoms with Gasteiger partial charge in [-0.25, -0.2) is 0 Å². The van der Waals surface area contributed by atoms with Crippen LogP contribution < -0.4 is 5.32 Å². The highest BCUT2D eigenvalue weighted by Crippen LogP contribution is 2.26. The predicted octanol–water partition coefficient (Wildman–Crippen LogP) is 5.06. The number of esters is 1. The van der Waals surface area contributed by atoms with Crippen molar-refractivity contribution in [2.24, 2.45) is 0 Å². The Bertz CT molecular complexity index is 818. The first-order valence-electron chi connectivity index (χ1n) is 8.73. The van der Waals surface area contributed by atoms with Gasteiger partial charge in [-0.3, -0.25) is 14.4 Å². The van der Waals surface area contributed by atoms with Crippen molar-refractivity contribution in [1.29, 1.82) is 0 Å². The van der Waals surface area contributed by atoms with Crippen molar-refractivity contribution in [1.82, 2.24) is 0 Å². The van der Waals surface area contributed by atoms with Gasteiger partial charge in [-0.2, -0.15) is 0 Å². The van der Waals surface area contributed by atoms with E-state index in [1.54, 1.807) is 12.1 Å². The van der Waals surface area contributed by atoms with Gasteiger partial charge in [-0.05, 0) is 36.1 Å². The Morgan fingerprint density at radius 3 is 2.56 bits per heavy atom. The van der Waals surface area contributed by atoms with Gasteiger partial charge in [0.15, 0.2) is 12.4 Å². The highest BCUT2D eigenvalue weighted by atomic mass is 35.5. The third kappa shape index (κ3) is 6.48. The molecule has 27 heavy (non-hydrogen) atoms. The van der Waals surface area contributed by atoms with E-state index in [0.29, 0.717) is 15.1 Å². The molecule has 0 bridgehead atoms. The Labute approximate surface area is 167 Å². The maximum atomic E-state index is 12.1. The molecule has 7 heteroatoms. The fourth-order valence-corrected chi connectivity index (χ4v) is 3.48. The number of benzene rings is 1. The number of carbonyl (C=O) groups is 3. The summed E-state index contributed by atoms with van der Waals surface area (Å²) in [4.78, 5) is 36.3. The van der Waals surface area contributed by atoms with E-state index in [-0.39, 0.29) is 25.2 Å². The zero-order valence-electron chi connectivity index (χ0n) is 15.3. The third-order valence-corrected chi connectivity index (χ3v) is 5.42. The number of Topliss-reactive ketones (excluding diaryl/α,β-unsaturated/α-hetero) is 1. The molecule has 1 heterocycles. The lowest BCUT2D eigenvalue weighted by Gasteiger charge is -2.15. The Balaban J connectivity index is 1.78. The highest BCUT2D eigenvalue weighted by molar-refractivity contribution is 7.18. The number of carbonyl (C=O) groups excluding carboxylic acids is 3. The third-order valence-electron chi connectivity index (χ3n) is 4.15. The Kier molecular flexibility index (Phi) is 8.00. The summed E-state index contributed by atoms with van der Waals surface area (Å²) in [7, 11) is 0. The molecule has 1 amide bonds. The highest BCUT2D eigenvalue weighted by Gasteiger charge is 2.15. The van der Waals surface area contributed by atoms with Gasteiger partial charge in [0.25, 0.3) is 5.91 Å². The van der Waals surface area contributed by atoms with E-state index >= 15 is 0 Å². The van der Waals surface area contributed by atoms with E-state index in [4.69, 9.17) is 16.3 Å². The maximum Gasteiger partial charge on any atom is 0.306 e. The van der Waals surface area contributed by atoms with Crippen molar-refractivity contribution in [2.75, 3.05) is 11.9 Å². The summed E-state index contributed by atoms with van der Waals surface area (Å²) in [6.07, 6.45) is 0.893. The van der Waals surface area contributed by atoms with E-state index in [2.05, 4.69) is 19.2 Å². The zero-order chi connectivity index (χ0) is 19.8. The minimum absolute atomic E-state index is 0.0220. The average Bonchev–Trinajstić information content (AvgIpc) is 3.10. The number of anilines is 1. The summed E-state index contributed by atoms with van der Waals surface area (Å²) >= 11 is 6.96. The molecule has 0 aliphatic heterocycles. The molecule has 1 aromatic heterocycles. The summed E-state index contributed by atoms with van der Waals surface area (Å²) < 4.78 is 5.49. The standard InChI is InChI=1S/C20H22ClNO4S/c1-3-13(2)14-6-4-5-7-15(14)22-19(24)12-26-20(25)11-8-16(23)17-9-10-18(21)27-17/h4-7,9-10,13H,3,8,11-12H2,1-2H3,(H,22,24)/t13-/m1/s1. The normalized spacial score (nSPS) is 11.7. The fourth-order valence-electron chi connectivity index (χ4n) is 2.47. The summed E-state index contributed by atoms with van der Waals surface area (Å²) in [5.74, 6) is -0.858. The molecule has 0 fully saturated rings. The van der Waals surface area contributed by atoms with Crippen molar-refractivity contribution in [3.8, 4) is 0 Å². The van der Waals surface area contributed by atoms with E-state index < -0.39 is 11.9 Å². The molecule has 1 atom stereocenters. The number of hydrogen-bond donors (Lipinski definition) is 1. The second kappa shape index (κ2) is 10.2. The lowest BCUT2D eigenvalue weighted by atomic mass is 9.97. The molecule has 2 rings (SSSR count). The van der Waals surface area contributed by atoms with E-state index in [1.165, 1.54) is 11.3 Å². The van der Waals surface area contributed by atoms with E-state index in [9.17, 15) is 14.4 Å². The minimum Gasteiger partial charge on any atom is -0.456 e. The summed E-state index contributed by atoms with van der Waals surface area (Å²) in [6, 6.07) is 10.8. The first-order chi connectivity index (χ1) is 12.9. The molecule has 1 aromatic carbocycles. The van der Waals surface area contributed by atoms with Crippen molar-refractivity contribution < 1.29 is 19.1 Å². The summed E-state index contributed by atoms with van der Waals surface area (Å²) in [6.45, 7) is 3.78. The lowest BCUT2D eigenvalue weighted by Crippen LogP contribution is -2.22. The Morgan fingerprint density at radius 2 is 1.89 bits per heavy atom. The number of halogens is 1. The van der Waals surface area contributed by atoms with Crippen LogP contribution in [-0.2, 0) is 14.3 Å². The van der Waals surface area contributed by atoms with Gasteiger partial charge in [0.2, 0.25) is 0 Å². The number of hydrogen-bond acceptors (Lipinski definition) is 5. The lowest BCUT2D eigenvalue weighted by molar-refractivity contribution is -0.147. The van der Waals surface area contributed by atoms with Crippen LogP contribution in [0.3, 0.4) is 0 Å².